The van der Waals surface area contributed by atoms with E-state index in [1.165, 1.54) is 0 Å². The van der Waals surface area contributed by atoms with Crippen molar-refractivity contribution in [3.05, 3.63) is 101 Å². The molecule has 0 unspecified atom stereocenters. The second-order valence-electron chi connectivity index (χ2n) is 4.94. The predicted octanol–water partition coefficient (Wildman–Crippen LogP) is 2.34. The Hall–Kier alpha value is -2.02. The Balaban J connectivity index is -0.0000000873. The normalized spacial score (nSPS) is 7.72. The quantitative estimate of drug-likeness (QED) is 0.176. The summed E-state index contributed by atoms with van der Waals surface area (Å²) in [4.78, 5) is 0. The average molecular weight is 421 g/mol. The highest BCUT2D eigenvalue weighted by atomic mass is 28.1. The van der Waals surface area contributed by atoms with Gasteiger partial charge in [-0.05, 0) is 11.0 Å². The van der Waals surface area contributed by atoms with Crippen LogP contribution in [0.4, 0.5) is 0 Å². The lowest BCUT2D eigenvalue weighted by atomic mass is 10.5. The maximum absolute atomic E-state index is 3.54. The molecule has 0 amide bonds. The van der Waals surface area contributed by atoms with Gasteiger partial charge in [-0.15, -0.1) is 52.6 Å². The molecule has 0 aromatic rings. The van der Waals surface area contributed by atoms with Crippen molar-refractivity contribution < 1.29 is 0 Å². The third-order valence-electron chi connectivity index (χ3n) is 2.31. The van der Waals surface area contributed by atoms with Crippen molar-refractivity contribution >= 4 is 11.0 Å². The first-order valence-electron chi connectivity index (χ1n) is 9.36. The monoisotopic (exact) mass is 420 g/mol. The summed E-state index contributed by atoms with van der Waals surface area (Å²) in [5.41, 5.74) is 0. The van der Waals surface area contributed by atoms with Crippen LogP contribution in [0, 0.1) is 0 Å². The fourth-order valence-corrected chi connectivity index (χ4v) is 1.15. The van der Waals surface area contributed by atoms with Crippen LogP contribution in [0.25, 0.3) is 0 Å². The van der Waals surface area contributed by atoms with Crippen LogP contribution in [0.15, 0.2) is 101 Å². The molecule has 168 valence electrons. The Kier molecular flexibility index (Phi) is 65.2. The second-order valence-corrected chi connectivity index (χ2v) is 4.94. The van der Waals surface area contributed by atoms with E-state index in [-0.39, 0.29) is 11.0 Å². The zero-order valence-corrected chi connectivity index (χ0v) is 17.9. The molecule has 5 heteroatoms. The molecule has 0 atom stereocenters. The van der Waals surface area contributed by atoms with Crippen LogP contribution >= 0.6 is 0 Å². The van der Waals surface area contributed by atoms with Gasteiger partial charge in [0.05, 0.1) is 0 Å². The first-order chi connectivity index (χ1) is 13.7. The van der Waals surface area contributed by atoms with Crippen LogP contribution in [0.3, 0.4) is 0 Å². The van der Waals surface area contributed by atoms with Gasteiger partial charge in [-0.2, -0.15) is 0 Å². The fourth-order valence-electron chi connectivity index (χ4n) is 1.15. The summed E-state index contributed by atoms with van der Waals surface area (Å²) in [5, 5.41) is 12.2. The number of rotatable bonds is 16. The fraction of sp³-hybridized carbons (Fsp3) is 0.333. The largest absolute Gasteiger partial charge is 0.310 e. The molecule has 0 fully saturated rings. The highest BCUT2D eigenvalue weighted by molar-refractivity contribution is 5.75. The zero-order valence-electron chi connectivity index (χ0n) is 17.9. The zero-order chi connectivity index (χ0) is 22.1. The lowest BCUT2D eigenvalue weighted by Crippen LogP contribution is -2.11. The van der Waals surface area contributed by atoms with Crippen molar-refractivity contribution in [1.29, 1.82) is 0 Å². The van der Waals surface area contributed by atoms with E-state index in [0.29, 0.717) is 0 Å². The molecule has 0 spiro atoms. The molecule has 0 bridgehead atoms. The topological polar surface area (TPSA) is 48.1 Å². The van der Waals surface area contributed by atoms with Crippen molar-refractivity contribution in [2.24, 2.45) is 0 Å². The summed E-state index contributed by atoms with van der Waals surface area (Å²) in [6, 6.07) is 0. The molecule has 0 rings (SSSR count). The van der Waals surface area contributed by atoms with Gasteiger partial charge in [0.25, 0.3) is 0 Å². The lowest BCUT2D eigenvalue weighted by Gasteiger charge is -1.90. The van der Waals surface area contributed by atoms with Gasteiger partial charge in [0, 0.05) is 52.4 Å². The van der Waals surface area contributed by atoms with Gasteiger partial charge in [-0.25, -0.2) is 0 Å². The van der Waals surface area contributed by atoms with Crippen molar-refractivity contribution in [1.82, 2.24) is 21.3 Å². The molecule has 0 saturated carbocycles. The van der Waals surface area contributed by atoms with Crippen LogP contribution < -0.4 is 21.3 Å². The molecule has 0 aliphatic carbocycles. The Morgan fingerprint density at radius 1 is 0.310 bits per heavy atom. The molecule has 0 aliphatic heterocycles. The summed E-state index contributed by atoms with van der Waals surface area (Å²) < 4.78 is 0. The van der Waals surface area contributed by atoms with E-state index in [9.17, 15) is 0 Å². The minimum atomic E-state index is 0. The molecule has 0 radical (unpaired) electrons. The third kappa shape index (κ3) is 76.4. The second kappa shape index (κ2) is 50.1. The van der Waals surface area contributed by atoms with Crippen molar-refractivity contribution in [2.75, 3.05) is 52.4 Å². The first-order valence-corrected chi connectivity index (χ1v) is 9.36. The average Bonchev–Trinajstić information content (AvgIpc) is 2.71. The smallest absolute Gasteiger partial charge is 0.0135 e. The van der Waals surface area contributed by atoms with E-state index < -0.39 is 0 Å². The van der Waals surface area contributed by atoms with E-state index in [2.05, 4.69) is 73.9 Å². The maximum atomic E-state index is 3.54. The number of hydrogen-bond donors (Lipinski definition) is 4. The van der Waals surface area contributed by atoms with Crippen LogP contribution in [0.1, 0.15) is 0 Å². The van der Waals surface area contributed by atoms with E-state index in [4.69, 9.17) is 0 Å². The van der Waals surface area contributed by atoms with Crippen molar-refractivity contribution in [2.45, 2.75) is 0 Å². The predicted molar refractivity (Wildman–Crippen MR) is 144 cm³/mol. The highest BCUT2D eigenvalue weighted by Crippen LogP contribution is 1.61. The van der Waals surface area contributed by atoms with Crippen LogP contribution in [0.5, 0.6) is 0 Å². The molecule has 4 N–H and O–H groups in total. The Bertz CT molecular complexity index is 275. The van der Waals surface area contributed by atoms with E-state index >= 15 is 0 Å². The summed E-state index contributed by atoms with van der Waals surface area (Å²) in [5.74, 6) is 0. The van der Waals surface area contributed by atoms with Crippen LogP contribution in [-0.2, 0) is 0 Å². The van der Waals surface area contributed by atoms with E-state index in [0.717, 1.165) is 52.4 Å². The van der Waals surface area contributed by atoms with E-state index in [1.807, 2.05) is 48.6 Å². The summed E-state index contributed by atoms with van der Waals surface area (Å²) in [6.07, 6.45) is 14.6. The van der Waals surface area contributed by atoms with Gasteiger partial charge in [-0.1, -0.05) is 48.6 Å². The van der Waals surface area contributed by atoms with Gasteiger partial charge >= 0.3 is 0 Å². The Labute approximate surface area is 186 Å². The van der Waals surface area contributed by atoms with Crippen LogP contribution in [0.2, 0.25) is 0 Å². The van der Waals surface area contributed by atoms with Gasteiger partial charge in [-0.3, -0.25) is 0 Å². The van der Waals surface area contributed by atoms with E-state index in [1.54, 1.807) is 0 Å². The summed E-state index contributed by atoms with van der Waals surface area (Å²) >= 11 is 0. The Morgan fingerprint density at radius 3 is 0.483 bits per heavy atom. The molecule has 0 saturated heterocycles. The third-order valence-corrected chi connectivity index (χ3v) is 2.31. The summed E-state index contributed by atoms with van der Waals surface area (Å²) in [7, 11) is 0. The van der Waals surface area contributed by atoms with Gasteiger partial charge in [0.2, 0.25) is 0 Å². The molecule has 0 heterocycles. The number of hydrogen-bond acceptors (Lipinski definition) is 4. The van der Waals surface area contributed by atoms with Gasteiger partial charge in [0.15, 0.2) is 0 Å². The standard InChI is InChI=1S/4C6H11N.H4Si/c4*1-3-5-7-6-4-2;/h4*3-4,7H,1-2,5-6H2;1H4. The van der Waals surface area contributed by atoms with Crippen molar-refractivity contribution in [3.8, 4) is 0 Å². The lowest BCUT2D eigenvalue weighted by molar-refractivity contribution is 0.845. The first kappa shape index (κ1) is 37.7. The SMILES string of the molecule is C=CCNCC=C.C=CCNCC=C.C=CCNCC=C.C=CCNCC=C.[SiH4]. The highest BCUT2D eigenvalue weighted by Gasteiger charge is 1.71. The molecular weight excluding hydrogens is 372 g/mol. The molecule has 0 aromatic carbocycles. The molecule has 4 nitrogen and oxygen atoms in total. The molecule has 0 aliphatic rings. The minimum absolute atomic E-state index is 0. The maximum Gasteiger partial charge on any atom is 0.0135 e. The Morgan fingerprint density at radius 2 is 0.414 bits per heavy atom. The molecule has 29 heavy (non-hydrogen) atoms. The number of nitrogens with one attached hydrogen (secondary N) is 4. The van der Waals surface area contributed by atoms with Gasteiger partial charge < -0.3 is 21.3 Å². The van der Waals surface area contributed by atoms with Gasteiger partial charge in [0.1, 0.15) is 0 Å². The van der Waals surface area contributed by atoms with Crippen LogP contribution in [-0.4, -0.2) is 63.3 Å². The summed E-state index contributed by atoms with van der Waals surface area (Å²) in [6.45, 7) is 35.2. The van der Waals surface area contributed by atoms with Crippen molar-refractivity contribution in [3.63, 3.8) is 0 Å². The molecule has 0 aromatic heterocycles. The minimum Gasteiger partial charge on any atom is -0.310 e. The molecular formula is C24H48N4Si.